The van der Waals surface area contributed by atoms with Crippen molar-refractivity contribution in [1.82, 2.24) is 4.98 Å². The maximum atomic E-state index is 12.4. The van der Waals surface area contributed by atoms with Gasteiger partial charge in [0.1, 0.15) is 29.9 Å². The van der Waals surface area contributed by atoms with Crippen LogP contribution in [-0.4, -0.2) is 37.2 Å². The van der Waals surface area contributed by atoms with Gasteiger partial charge in [-0.15, -0.1) is 0 Å². The zero-order valence-electron chi connectivity index (χ0n) is 20.8. The molecule has 3 N–H and O–H groups in total. The lowest BCUT2D eigenvalue weighted by Crippen LogP contribution is -2.19. The van der Waals surface area contributed by atoms with E-state index in [1.807, 2.05) is 0 Å². The van der Waals surface area contributed by atoms with Crippen molar-refractivity contribution in [2.45, 2.75) is 6.92 Å². The van der Waals surface area contributed by atoms with Gasteiger partial charge in [0.2, 0.25) is 5.91 Å². The highest BCUT2D eigenvalue weighted by Gasteiger charge is 2.12. The Kier molecular flexibility index (Phi) is 8.33. The molecule has 3 aromatic carbocycles. The number of aromatic nitrogens is 1. The lowest BCUT2D eigenvalue weighted by atomic mass is 10.1. The fourth-order valence-electron chi connectivity index (χ4n) is 3.58. The molecule has 38 heavy (non-hydrogen) atoms. The van der Waals surface area contributed by atoms with Crippen molar-refractivity contribution < 1.29 is 23.8 Å². The Labute approximate surface area is 219 Å². The van der Waals surface area contributed by atoms with Crippen LogP contribution >= 0.6 is 0 Å². The van der Waals surface area contributed by atoms with Crippen molar-refractivity contribution in [3.05, 3.63) is 78.5 Å². The smallest absolute Gasteiger partial charge is 0.323 e. The molecule has 1 heterocycles. The van der Waals surface area contributed by atoms with Crippen LogP contribution in [0.3, 0.4) is 0 Å². The van der Waals surface area contributed by atoms with Gasteiger partial charge in [-0.2, -0.15) is 5.26 Å². The number of carbonyl (C=O) groups is 2. The van der Waals surface area contributed by atoms with Gasteiger partial charge in [0.25, 0.3) is 0 Å². The van der Waals surface area contributed by atoms with E-state index in [1.165, 1.54) is 6.92 Å². The number of hydrogen-bond donors (Lipinski definition) is 3. The molecular weight excluding hydrogens is 486 g/mol. The van der Waals surface area contributed by atoms with Crippen molar-refractivity contribution in [1.29, 1.82) is 5.26 Å². The van der Waals surface area contributed by atoms with Crippen molar-refractivity contribution in [3.8, 4) is 23.3 Å². The number of pyridine rings is 1. The normalized spacial score (nSPS) is 10.3. The Balaban J connectivity index is 1.43. The molecule has 10 heteroatoms. The molecule has 0 atom stereocenters. The summed E-state index contributed by atoms with van der Waals surface area (Å²) in [5.74, 6) is 1.28. The number of amides is 3. The molecular formula is C28H25N5O5. The van der Waals surface area contributed by atoms with Gasteiger partial charge in [0.05, 0.1) is 17.7 Å². The summed E-state index contributed by atoms with van der Waals surface area (Å²) in [7, 11) is 1.58. The minimum absolute atomic E-state index is 0.198. The second-order valence-corrected chi connectivity index (χ2v) is 8.10. The standard InChI is InChI=1S/C28H25N5O5/c1-18(34)31-21-4-3-5-22(15-21)33-28(35)32-20-6-8-23(9-7-20)38-26-10-11-30-25-16-27(37-13-12-36-2)19(17-29)14-24(25)26/h3-11,14-16H,12-13H2,1-2H3,(H,31,34)(H2,32,33,35). The predicted octanol–water partition coefficient (Wildman–Crippen LogP) is 5.53. The number of rotatable bonds is 9. The molecule has 0 unspecified atom stereocenters. The summed E-state index contributed by atoms with van der Waals surface area (Å²) in [6.45, 7) is 2.13. The first kappa shape index (κ1) is 25.9. The Morgan fingerprint density at radius 3 is 2.34 bits per heavy atom. The molecule has 0 saturated carbocycles. The van der Waals surface area contributed by atoms with E-state index in [-0.39, 0.29) is 5.91 Å². The topological polar surface area (TPSA) is 135 Å². The van der Waals surface area contributed by atoms with Crippen LogP contribution in [0, 0.1) is 11.3 Å². The van der Waals surface area contributed by atoms with Crippen molar-refractivity contribution in [3.63, 3.8) is 0 Å². The van der Waals surface area contributed by atoms with Crippen LogP contribution in [0.4, 0.5) is 21.9 Å². The lowest BCUT2D eigenvalue weighted by Gasteiger charge is -2.12. The summed E-state index contributed by atoms with van der Waals surface area (Å²) in [6, 6.07) is 20.5. The number of nitrogens with one attached hydrogen (secondary N) is 3. The number of urea groups is 1. The molecule has 3 amide bonds. The van der Waals surface area contributed by atoms with Crippen LogP contribution in [0.15, 0.2) is 72.9 Å². The molecule has 0 aliphatic rings. The Bertz CT molecular complexity index is 1500. The number of benzene rings is 3. The fourth-order valence-corrected chi connectivity index (χ4v) is 3.58. The first-order chi connectivity index (χ1) is 18.4. The molecule has 0 radical (unpaired) electrons. The minimum atomic E-state index is -0.439. The van der Waals surface area contributed by atoms with Crippen molar-refractivity contribution in [2.75, 3.05) is 36.3 Å². The number of methoxy groups -OCH3 is 1. The monoisotopic (exact) mass is 511 g/mol. The summed E-state index contributed by atoms with van der Waals surface area (Å²) in [6.07, 6.45) is 1.61. The number of fused-ring (bicyclic) bond motifs is 1. The third-order valence-corrected chi connectivity index (χ3v) is 5.25. The number of ether oxygens (including phenoxy) is 3. The first-order valence-electron chi connectivity index (χ1n) is 11.6. The molecule has 0 spiro atoms. The van der Waals surface area contributed by atoms with Crippen LogP contribution in [0.5, 0.6) is 17.2 Å². The molecule has 192 valence electrons. The van der Waals surface area contributed by atoms with Gasteiger partial charge in [-0.3, -0.25) is 9.78 Å². The lowest BCUT2D eigenvalue weighted by molar-refractivity contribution is -0.114. The van der Waals surface area contributed by atoms with Gasteiger partial charge in [-0.05, 0) is 54.6 Å². The summed E-state index contributed by atoms with van der Waals surface area (Å²) in [4.78, 5) is 28.0. The van der Waals surface area contributed by atoms with E-state index in [0.717, 1.165) is 0 Å². The molecule has 0 aliphatic carbocycles. The van der Waals surface area contributed by atoms with E-state index in [1.54, 1.807) is 80.0 Å². The Hall–Kier alpha value is -5.14. The Morgan fingerprint density at radius 2 is 1.63 bits per heavy atom. The van der Waals surface area contributed by atoms with E-state index in [2.05, 4.69) is 27.0 Å². The Morgan fingerprint density at radius 1 is 0.895 bits per heavy atom. The van der Waals surface area contributed by atoms with Gasteiger partial charge in [-0.1, -0.05) is 6.07 Å². The van der Waals surface area contributed by atoms with Crippen molar-refractivity contribution >= 4 is 39.9 Å². The summed E-state index contributed by atoms with van der Waals surface area (Å²) in [5, 5.41) is 18.4. The number of nitrogens with zero attached hydrogens (tertiary/aromatic N) is 2. The average Bonchev–Trinajstić information content (AvgIpc) is 2.89. The van der Waals surface area contributed by atoms with E-state index < -0.39 is 6.03 Å². The van der Waals surface area contributed by atoms with Gasteiger partial charge >= 0.3 is 6.03 Å². The third-order valence-electron chi connectivity index (χ3n) is 5.25. The number of carbonyl (C=O) groups excluding carboxylic acids is 2. The zero-order valence-corrected chi connectivity index (χ0v) is 20.8. The number of hydrogen-bond acceptors (Lipinski definition) is 7. The third kappa shape index (κ3) is 6.75. The number of anilines is 3. The van der Waals surface area contributed by atoms with Gasteiger partial charge in [-0.25, -0.2) is 4.79 Å². The minimum Gasteiger partial charge on any atom is -0.490 e. The maximum Gasteiger partial charge on any atom is 0.323 e. The van der Waals surface area contributed by atoms with Crippen molar-refractivity contribution in [2.24, 2.45) is 0 Å². The van der Waals surface area contributed by atoms with Gasteiger partial charge in [0.15, 0.2) is 0 Å². The first-order valence-corrected chi connectivity index (χ1v) is 11.6. The van der Waals surface area contributed by atoms with Gasteiger partial charge < -0.3 is 30.2 Å². The quantitative estimate of drug-likeness (QED) is 0.252. The molecule has 1 aromatic heterocycles. The van der Waals surface area contributed by atoms with Gasteiger partial charge in [0, 0.05) is 48.7 Å². The molecule has 10 nitrogen and oxygen atoms in total. The highest BCUT2D eigenvalue weighted by Crippen LogP contribution is 2.33. The van der Waals surface area contributed by atoms with E-state index >= 15 is 0 Å². The van der Waals surface area contributed by atoms with Crippen LogP contribution in [0.2, 0.25) is 0 Å². The van der Waals surface area contributed by atoms with Crippen LogP contribution in [-0.2, 0) is 9.53 Å². The predicted molar refractivity (Wildman–Crippen MR) is 144 cm³/mol. The molecule has 4 aromatic rings. The van der Waals surface area contributed by atoms with Crippen LogP contribution in [0.1, 0.15) is 12.5 Å². The number of nitriles is 1. The second kappa shape index (κ2) is 12.2. The molecule has 0 aliphatic heterocycles. The van der Waals surface area contributed by atoms with Crippen LogP contribution < -0.4 is 25.4 Å². The summed E-state index contributed by atoms with van der Waals surface area (Å²) in [5.41, 5.74) is 2.64. The second-order valence-electron chi connectivity index (χ2n) is 8.10. The molecule has 0 fully saturated rings. The van der Waals surface area contributed by atoms with Crippen LogP contribution in [0.25, 0.3) is 10.9 Å². The van der Waals surface area contributed by atoms with E-state index in [0.29, 0.717) is 64.0 Å². The zero-order chi connectivity index (χ0) is 26.9. The highest BCUT2D eigenvalue weighted by atomic mass is 16.5. The average molecular weight is 512 g/mol. The SMILES string of the molecule is COCCOc1cc2nccc(Oc3ccc(NC(=O)Nc4cccc(NC(C)=O)c4)cc3)c2cc1C#N. The molecule has 0 saturated heterocycles. The summed E-state index contributed by atoms with van der Waals surface area (Å²) >= 11 is 0. The largest absolute Gasteiger partial charge is 0.490 e. The molecule has 4 rings (SSSR count). The highest BCUT2D eigenvalue weighted by molar-refractivity contribution is 6.00. The van der Waals surface area contributed by atoms with E-state index in [4.69, 9.17) is 14.2 Å². The maximum absolute atomic E-state index is 12.4. The fraction of sp³-hybridized carbons (Fsp3) is 0.143. The van der Waals surface area contributed by atoms with E-state index in [9.17, 15) is 14.9 Å². The molecule has 0 bridgehead atoms. The summed E-state index contributed by atoms with van der Waals surface area (Å²) < 4.78 is 16.7.